The molecule has 3 atom stereocenters. The highest BCUT2D eigenvalue weighted by atomic mass is 16.5. The van der Waals surface area contributed by atoms with Crippen LogP contribution in [0.4, 0.5) is 5.69 Å². The Morgan fingerprint density at radius 1 is 0.923 bits per heavy atom. The van der Waals surface area contributed by atoms with Crippen molar-refractivity contribution in [2.75, 3.05) is 19.1 Å². The summed E-state index contributed by atoms with van der Waals surface area (Å²) in [4.78, 5) is 17.4. The lowest BCUT2D eigenvalue weighted by molar-refractivity contribution is -0.145. The molecule has 5 fully saturated rings. The van der Waals surface area contributed by atoms with Gasteiger partial charge in [-0.25, -0.2) is 0 Å². The Labute approximate surface area is 229 Å². The van der Waals surface area contributed by atoms with Crippen LogP contribution in [0.3, 0.4) is 0 Å². The monoisotopic (exact) mass is 519 g/mol. The molecular formula is C33H33N3O3. The summed E-state index contributed by atoms with van der Waals surface area (Å²) in [5, 5.41) is 21.6. The van der Waals surface area contributed by atoms with E-state index in [0.717, 1.165) is 36.1 Å². The second-order valence-electron chi connectivity index (χ2n) is 12.5. The first-order valence-corrected chi connectivity index (χ1v) is 14.1. The molecule has 0 N–H and O–H groups in total. The number of fused-ring (bicyclic) bond motifs is 3. The molecule has 0 unspecified atom stereocenters. The van der Waals surface area contributed by atoms with Crippen LogP contribution in [0.15, 0.2) is 48.5 Å². The molecule has 2 aromatic rings. The number of hydrogen-bond donors (Lipinski definition) is 0. The van der Waals surface area contributed by atoms with Gasteiger partial charge >= 0.3 is 0 Å². The molecule has 2 aromatic carbocycles. The molecule has 2 heterocycles. The minimum atomic E-state index is -1.47. The third-order valence-corrected chi connectivity index (χ3v) is 10.5. The molecule has 6 nitrogen and oxygen atoms in total. The van der Waals surface area contributed by atoms with Crippen LogP contribution in [0.25, 0.3) is 6.08 Å². The maximum atomic E-state index is 15.2. The SMILES string of the molecule is COc1cc(OC)cc([C@@H]2[C@@H](C(=O)C34CC5CC(CC(C5)C3)C4)N3c4ccccc4C=C[C@@H]3C2(C#N)C#N)c1. The lowest BCUT2D eigenvalue weighted by Gasteiger charge is -2.57. The number of carbonyl (C=O) groups is 1. The molecule has 0 aromatic heterocycles. The maximum Gasteiger partial charge on any atom is 0.176 e. The predicted octanol–water partition coefficient (Wildman–Crippen LogP) is 5.89. The number of anilines is 1. The van der Waals surface area contributed by atoms with E-state index in [-0.39, 0.29) is 11.2 Å². The Kier molecular flexibility index (Phi) is 5.37. The van der Waals surface area contributed by atoms with Crippen LogP contribution in [0.2, 0.25) is 0 Å². The van der Waals surface area contributed by atoms with Gasteiger partial charge in [0.2, 0.25) is 0 Å². The number of rotatable bonds is 5. The molecule has 2 aliphatic heterocycles. The van der Waals surface area contributed by atoms with Crippen molar-refractivity contribution in [3.63, 3.8) is 0 Å². The van der Waals surface area contributed by atoms with Crippen molar-refractivity contribution in [3.8, 4) is 23.6 Å². The van der Waals surface area contributed by atoms with E-state index in [9.17, 15) is 10.5 Å². The summed E-state index contributed by atoms with van der Waals surface area (Å²) in [5.74, 6) is 2.54. The van der Waals surface area contributed by atoms with E-state index in [1.807, 2.05) is 48.6 Å². The van der Waals surface area contributed by atoms with E-state index in [2.05, 4.69) is 17.0 Å². The Morgan fingerprint density at radius 2 is 1.51 bits per heavy atom. The number of nitriles is 2. The van der Waals surface area contributed by atoms with E-state index in [1.165, 1.54) is 19.3 Å². The first-order valence-electron chi connectivity index (χ1n) is 14.1. The van der Waals surface area contributed by atoms with Gasteiger partial charge in [0.1, 0.15) is 11.5 Å². The Hall–Kier alpha value is -3.77. The minimum absolute atomic E-state index is 0.218. The van der Waals surface area contributed by atoms with Crippen LogP contribution in [-0.2, 0) is 4.79 Å². The van der Waals surface area contributed by atoms with Crippen LogP contribution >= 0.6 is 0 Å². The minimum Gasteiger partial charge on any atom is -0.497 e. The van der Waals surface area contributed by atoms with Crippen molar-refractivity contribution in [2.24, 2.45) is 28.6 Å². The Bertz CT molecular complexity index is 1390. The number of hydrogen-bond acceptors (Lipinski definition) is 6. The van der Waals surface area contributed by atoms with Gasteiger partial charge in [0.15, 0.2) is 11.2 Å². The molecule has 4 bridgehead atoms. The highest BCUT2D eigenvalue weighted by molar-refractivity contribution is 5.97. The van der Waals surface area contributed by atoms with Gasteiger partial charge in [0, 0.05) is 23.1 Å². The molecule has 4 saturated carbocycles. The van der Waals surface area contributed by atoms with Crippen LogP contribution in [0, 0.1) is 51.2 Å². The lowest BCUT2D eigenvalue weighted by atomic mass is 9.47. The van der Waals surface area contributed by atoms with Crippen molar-refractivity contribution >= 4 is 17.5 Å². The fourth-order valence-corrected chi connectivity index (χ4v) is 9.34. The molecule has 39 heavy (non-hydrogen) atoms. The summed E-state index contributed by atoms with van der Waals surface area (Å²) in [5.41, 5.74) is 0.801. The number of para-hydroxylation sites is 1. The second-order valence-corrected chi connectivity index (χ2v) is 12.5. The second kappa shape index (κ2) is 8.62. The van der Waals surface area contributed by atoms with Gasteiger partial charge in [-0.15, -0.1) is 0 Å². The van der Waals surface area contributed by atoms with E-state index in [1.54, 1.807) is 20.3 Å². The van der Waals surface area contributed by atoms with Crippen LogP contribution in [0.5, 0.6) is 11.5 Å². The van der Waals surface area contributed by atoms with Crippen molar-refractivity contribution in [2.45, 2.75) is 56.5 Å². The zero-order chi connectivity index (χ0) is 26.9. The smallest absolute Gasteiger partial charge is 0.176 e. The highest BCUT2D eigenvalue weighted by Crippen LogP contribution is 2.64. The molecule has 6 heteroatoms. The highest BCUT2D eigenvalue weighted by Gasteiger charge is 2.67. The fourth-order valence-electron chi connectivity index (χ4n) is 9.34. The molecule has 1 saturated heterocycles. The summed E-state index contributed by atoms with van der Waals surface area (Å²) in [6.45, 7) is 0. The van der Waals surface area contributed by atoms with Crippen molar-refractivity contribution in [1.82, 2.24) is 0 Å². The third-order valence-electron chi connectivity index (χ3n) is 10.5. The summed E-state index contributed by atoms with van der Waals surface area (Å²) in [6, 6.07) is 17.3. The molecule has 6 aliphatic rings. The normalized spacial score (nSPS) is 34.5. The molecule has 0 radical (unpaired) electrons. The van der Waals surface area contributed by atoms with Gasteiger partial charge in [-0.1, -0.05) is 30.4 Å². The summed E-state index contributed by atoms with van der Waals surface area (Å²) in [7, 11) is 3.19. The van der Waals surface area contributed by atoms with Gasteiger partial charge in [-0.3, -0.25) is 4.79 Å². The van der Waals surface area contributed by atoms with Crippen LogP contribution in [0.1, 0.15) is 55.6 Å². The summed E-state index contributed by atoms with van der Waals surface area (Å²) in [6.07, 6.45) is 10.5. The van der Waals surface area contributed by atoms with Crippen molar-refractivity contribution < 1.29 is 14.3 Å². The zero-order valence-electron chi connectivity index (χ0n) is 22.5. The molecule has 0 amide bonds. The lowest BCUT2D eigenvalue weighted by Crippen LogP contribution is -2.56. The molecule has 4 aliphatic carbocycles. The maximum absolute atomic E-state index is 15.2. The van der Waals surface area contributed by atoms with Gasteiger partial charge in [-0.05, 0) is 85.6 Å². The molecule has 0 spiro atoms. The van der Waals surface area contributed by atoms with E-state index < -0.39 is 23.4 Å². The number of Topliss-reactive ketones (excluding diaryl/α,β-unsaturated/α-hetero) is 1. The molecule has 198 valence electrons. The number of methoxy groups -OCH3 is 2. The first-order chi connectivity index (χ1) is 18.9. The topological polar surface area (TPSA) is 86.3 Å². The van der Waals surface area contributed by atoms with Crippen LogP contribution in [-0.4, -0.2) is 32.1 Å². The third kappa shape index (κ3) is 3.34. The van der Waals surface area contributed by atoms with Crippen LogP contribution < -0.4 is 14.4 Å². The average molecular weight is 520 g/mol. The van der Waals surface area contributed by atoms with Gasteiger partial charge in [-0.2, -0.15) is 10.5 Å². The predicted molar refractivity (Wildman–Crippen MR) is 147 cm³/mol. The van der Waals surface area contributed by atoms with E-state index in [0.29, 0.717) is 29.3 Å². The summed E-state index contributed by atoms with van der Waals surface area (Å²) >= 11 is 0. The van der Waals surface area contributed by atoms with E-state index >= 15 is 4.79 Å². The largest absolute Gasteiger partial charge is 0.497 e. The Balaban J connectivity index is 1.46. The average Bonchev–Trinajstić information content (AvgIpc) is 3.26. The zero-order valence-corrected chi connectivity index (χ0v) is 22.5. The molecule has 8 rings (SSSR count). The van der Waals surface area contributed by atoms with Crippen molar-refractivity contribution in [1.29, 1.82) is 10.5 Å². The van der Waals surface area contributed by atoms with Crippen molar-refractivity contribution in [3.05, 3.63) is 59.7 Å². The van der Waals surface area contributed by atoms with E-state index in [4.69, 9.17) is 9.47 Å². The first kappa shape index (κ1) is 24.3. The number of benzene rings is 2. The Morgan fingerprint density at radius 3 is 2.08 bits per heavy atom. The number of ketones is 1. The van der Waals surface area contributed by atoms with Gasteiger partial charge < -0.3 is 14.4 Å². The number of carbonyl (C=O) groups excluding carboxylic acids is 1. The quantitative estimate of drug-likeness (QED) is 0.490. The number of nitrogens with zero attached hydrogens (tertiary/aromatic N) is 3. The standard InChI is InChI=1S/C33H33N3O3/c1-38-25-12-24(13-26(14-25)39-2)29-30(31(37)32-15-20-9-21(16-32)11-22(10-20)17-32)36-27-6-4-3-5-23(27)7-8-28(36)33(29,18-34)19-35/h3-8,12-14,20-22,28-30H,9-11,15-17H2,1-2H3/t20?,21?,22?,28-,29-,30+,32?/m1/s1. The molecular weight excluding hydrogens is 486 g/mol. The van der Waals surface area contributed by atoms with Gasteiger partial charge in [0.05, 0.1) is 38.4 Å². The van der Waals surface area contributed by atoms with Gasteiger partial charge in [0.25, 0.3) is 0 Å². The summed E-state index contributed by atoms with van der Waals surface area (Å²) < 4.78 is 11.2. The number of ether oxygens (including phenoxy) is 2. The fraction of sp³-hybridized carbons (Fsp3) is 0.485.